The Morgan fingerprint density at radius 1 is 1.03 bits per heavy atom. The van der Waals surface area contributed by atoms with Gasteiger partial charge in [-0.3, -0.25) is 19.3 Å². The van der Waals surface area contributed by atoms with E-state index in [1.165, 1.54) is 4.90 Å². The molecule has 0 aliphatic carbocycles. The molecule has 5 rings (SSSR count). The van der Waals surface area contributed by atoms with Crippen LogP contribution in [0.15, 0.2) is 36.4 Å². The van der Waals surface area contributed by atoms with Crippen molar-refractivity contribution in [2.45, 2.75) is 39.2 Å². The van der Waals surface area contributed by atoms with Gasteiger partial charge in [0.2, 0.25) is 18.6 Å². The third-order valence-corrected chi connectivity index (χ3v) is 6.89. The van der Waals surface area contributed by atoms with Crippen molar-refractivity contribution in [2.75, 3.05) is 48.1 Å². The van der Waals surface area contributed by atoms with E-state index >= 15 is 0 Å². The lowest BCUT2D eigenvalue weighted by Crippen LogP contribution is -2.56. The van der Waals surface area contributed by atoms with Crippen molar-refractivity contribution in [3.05, 3.63) is 42.0 Å². The van der Waals surface area contributed by atoms with Gasteiger partial charge in [0.1, 0.15) is 12.6 Å². The maximum absolute atomic E-state index is 13.6. The van der Waals surface area contributed by atoms with Gasteiger partial charge in [-0.25, -0.2) is 0 Å². The summed E-state index contributed by atoms with van der Waals surface area (Å²) in [4.78, 5) is 45.0. The smallest absolute Gasteiger partial charge is 0.253 e. The molecule has 1 saturated heterocycles. The lowest BCUT2D eigenvalue weighted by molar-refractivity contribution is -0.123. The molecular weight excluding hydrogens is 448 g/mol. The van der Waals surface area contributed by atoms with Gasteiger partial charge in [-0.05, 0) is 63.4 Å². The topological polar surface area (TPSA) is 91.4 Å². The van der Waals surface area contributed by atoms with E-state index in [0.717, 1.165) is 31.5 Å². The van der Waals surface area contributed by atoms with Crippen LogP contribution in [0.25, 0.3) is 0 Å². The second-order valence-corrected chi connectivity index (χ2v) is 8.93. The fraction of sp³-hybridized carbons (Fsp3) is 0.423. The molecule has 1 N–H and O–H groups in total. The van der Waals surface area contributed by atoms with E-state index < -0.39 is 0 Å². The zero-order valence-corrected chi connectivity index (χ0v) is 20.1. The van der Waals surface area contributed by atoms with Crippen LogP contribution in [0, 0.1) is 0 Å². The molecule has 35 heavy (non-hydrogen) atoms. The Bertz CT molecular complexity index is 1160. The van der Waals surface area contributed by atoms with Gasteiger partial charge in [-0.1, -0.05) is 0 Å². The molecule has 9 nitrogen and oxygen atoms in total. The maximum atomic E-state index is 13.6. The number of ether oxygens (including phenoxy) is 2. The highest BCUT2D eigenvalue weighted by Crippen LogP contribution is 2.40. The number of benzene rings is 2. The van der Waals surface area contributed by atoms with E-state index in [1.54, 1.807) is 29.2 Å². The minimum atomic E-state index is -0.326. The van der Waals surface area contributed by atoms with Crippen LogP contribution in [0.4, 0.5) is 17.1 Å². The SMILES string of the molecule is CCN(CC)C(=O)c1ccc2c(c1)N(CC(=O)Nc1ccc3c(c1)OCO3)C(=O)C1CCCCN21. The fourth-order valence-corrected chi connectivity index (χ4v) is 5.07. The summed E-state index contributed by atoms with van der Waals surface area (Å²) in [5.41, 5.74) is 2.57. The molecule has 2 aromatic carbocycles. The predicted octanol–water partition coefficient (Wildman–Crippen LogP) is 3.24. The summed E-state index contributed by atoms with van der Waals surface area (Å²) in [6, 6.07) is 10.4. The van der Waals surface area contributed by atoms with Crippen molar-refractivity contribution in [1.82, 2.24) is 4.90 Å². The Morgan fingerprint density at radius 3 is 2.63 bits per heavy atom. The number of anilines is 3. The van der Waals surface area contributed by atoms with Crippen LogP contribution in [0.5, 0.6) is 11.5 Å². The summed E-state index contributed by atoms with van der Waals surface area (Å²) >= 11 is 0. The summed E-state index contributed by atoms with van der Waals surface area (Å²) in [6.45, 7) is 5.86. The number of carbonyl (C=O) groups is 3. The Balaban J connectivity index is 1.44. The second kappa shape index (κ2) is 9.48. The van der Waals surface area contributed by atoms with Crippen LogP contribution >= 0.6 is 0 Å². The van der Waals surface area contributed by atoms with Crippen molar-refractivity contribution in [2.24, 2.45) is 0 Å². The van der Waals surface area contributed by atoms with Gasteiger partial charge < -0.3 is 24.6 Å². The molecule has 2 aromatic rings. The van der Waals surface area contributed by atoms with Crippen molar-refractivity contribution in [1.29, 1.82) is 0 Å². The molecule has 0 spiro atoms. The molecule has 0 bridgehead atoms. The number of nitrogens with one attached hydrogen (secondary N) is 1. The molecular formula is C26H30N4O5. The number of rotatable bonds is 6. The maximum Gasteiger partial charge on any atom is 0.253 e. The first-order chi connectivity index (χ1) is 17.0. The summed E-state index contributed by atoms with van der Waals surface area (Å²) in [7, 11) is 0. The molecule has 184 valence electrons. The number of amides is 3. The van der Waals surface area contributed by atoms with Gasteiger partial charge in [0.05, 0.1) is 11.4 Å². The summed E-state index contributed by atoms with van der Waals surface area (Å²) in [6.07, 6.45) is 2.73. The molecule has 9 heteroatoms. The lowest BCUT2D eigenvalue weighted by Gasteiger charge is -2.45. The largest absolute Gasteiger partial charge is 0.454 e. The van der Waals surface area contributed by atoms with Crippen LogP contribution < -0.4 is 24.6 Å². The molecule has 3 heterocycles. The van der Waals surface area contributed by atoms with Gasteiger partial charge in [-0.2, -0.15) is 0 Å². The molecule has 1 atom stereocenters. The van der Waals surface area contributed by atoms with Gasteiger partial charge in [0, 0.05) is 37.0 Å². The highest BCUT2D eigenvalue weighted by atomic mass is 16.7. The van der Waals surface area contributed by atoms with Crippen LogP contribution in [-0.2, 0) is 9.59 Å². The molecule has 3 aliphatic heterocycles. The van der Waals surface area contributed by atoms with Gasteiger partial charge >= 0.3 is 0 Å². The standard InChI is InChI=1S/C26H30N4O5/c1-3-28(4-2)25(32)17-8-10-19-21(13-17)30(26(33)20-7-5-6-12-29(19)20)15-24(31)27-18-9-11-22-23(14-18)35-16-34-22/h8-11,13-14,20H,3-7,12,15-16H2,1-2H3,(H,27,31). The van der Waals surface area contributed by atoms with E-state index in [0.29, 0.717) is 41.5 Å². The van der Waals surface area contributed by atoms with E-state index in [9.17, 15) is 14.4 Å². The quantitative estimate of drug-likeness (QED) is 0.686. The first kappa shape index (κ1) is 23.0. The number of fused-ring (bicyclic) bond motifs is 4. The number of hydrogen-bond donors (Lipinski definition) is 1. The third-order valence-electron chi connectivity index (χ3n) is 6.89. The molecule has 0 aromatic heterocycles. The normalized spacial score (nSPS) is 18.1. The average Bonchev–Trinajstić information content (AvgIpc) is 3.35. The highest BCUT2D eigenvalue weighted by molar-refractivity contribution is 6.11. The van der Waals surface area contributed by atoms with Gasteiger partial charge in [-0.15, -0.1) is 0 Å². The molecule has 3 amide bonds. The summed E-state index contributed by atoms with van der Waals surface area (Å²) in [5.74, 6) is 0.680. The van der Waals surface area contributed by atoms with E-state index in [-0.39, 0.29) is 37.1 Å². The Labute approximate surface area is 204 Å². The predicted molar refractivity (Wildman–Crippen MR) is 132 cm³/mol. The number of hydrogen-bond acceptors (Lipinski definition) is 6. The average molecular weight is 479 g/mol. The fourth-order valence-electron chi connectivity index (χ4n) is 5.07. The van der Waals surface area contributed by atoms with E-state index in [1.807, 2.05) is 26.0 Å². The highest BCUT2D eigenvalue weighted by Gasteiger charge is 2.40. The first-order valence-electron chi connectivity index (χ1n) is 12.2. The Morgan fingerprint density at radius 2 is 1.83 bits per heavy atom. The lowest BCUT2D eigenvalue weighted by atomic mass is 9.95. The van der Waals surface area contributed by atoms with Crippen molar-refractivity contribution >= 4 is 34.8 Å². The zero-order chi connectivity index (χ0) is 24.5. The van der Waals surface area contributed by atoms with Gasteiger partial charge in [0.25, 0.3) is 5.91 Å². The monoisotopic (exact) mass is 478 g/mol. The Kier molecular flexibility index (Phi) is 6.23. The van der Waals surface area contributed by atoms with Crippen molar-refractivity contribution < 1.29 is 23.9 Å². The molecule has 0 radical (unpaired) electrons. The van der Waals surface area contributed by atoms with Crippen LogP contribution in [0.3, 0.4) is 0 Å². The Hall–Kier alpha value is -3.75. The minimum absolute atomic E-state index is 0.0872. The van der Waals surface area contributed by atoms with Crippen LogP contribution in [0.1, 0.15) is 43.5 Å². The van der Waals surface area contributed by atoms with Crippen LogP contribution in [-0.4, -0.2) is 61.6 Å². The second-order valence-electron chi connectivity index (χ2n) is 8.93. The third kappa shape index (κ3) is 4.26. The number of nitrogens with zero attached hydrogens (tertiary/aromatic N) is 3. The van der Waals surface area contributed by atoms with E-state index in [2.05, 4.69) is 10.2 Å². The summed E-state index contributed by atoms with van der Waals surface area (Å²) in [5, 5.41) is 2.86. The molecule has 0 saturated carbocycles. The van der Waals surface area contributed by atoms with Crippen molar-refractivity contribution in [3.63, 3.8) is 0 Å². The molecule has 1 unspecified atom stereocenters. The first-order valence-corrected chi connectivity index (χ1v) is 12.2. The summed E-state index contributed by atoms with van der Waals surface area (Å²) < 4.78 is 10.7. The number of piperidine rings is 1. The molecule has 1 fully saturated rings. The van der Waals surface area contributed by atoms with Crippen LogP contribution in [0.2, 0.25) is 0 Å². The molecule has 3 aliphatic rings. The van der Waals surface area contributed by atoms with Crippen molar-refractivity contribution in [3.8, 4) is 11.5 Å². The minimum Gasteiger partial charge on any atom is -0.454 e. The van der Waals surface area contributed by atoms with E-state index in [4.69, 9.17) is 9.47 Å². The zero-order valence-electron chi connectivity index (χ0n) is 20.1. The van der Waals surface area contributed by atoms with Gasteiger partial charge in [0.15, 0.2) is 11.5 Å². The number of carbonyl (C=O) groups excluding carboxylic acids is 3.